The average Bonchev–Trinajstić information content (AvgIpc) is 3.05. The van der Waals surface area contributed by atoms with Gasteiger partial charge in [-0.1, -0.05) is 0 Å². The SMILES string of the molecule is O=C([C@@H]1CC[C@@H]2[C@@H](CCN2CC2CCOCC2)O1)N1CCCCO1. The molecule has 4 aliphatic rings. The topological polar surface area (TPSA) is 51.2 Å². The molecule has 1 amide bonds. The molecule has 0 aromatic rings. The lowest BCUT2D eigenvalue weighted by atomic mass is 9.96. The van der Waals surface area contributed by atoms with Crippen molar-refractivity contribution in [3.05, 3.63) is 0 Å². The predicted octanol–water partition coefficient (Wildman–Crippen LogP) is 1.59. The Labute approximate surface area is 144 Å². The molecule has 0 aromatic heterocycles. The van der Waals surface area contributed by atoms with Crippen molar-refractivity contribution in [3.63, 3.8) is 0 Å². The first-order valence-electron chi connectivity index (χ1n) is 9.73. The fourth-order valence-electron chi connectivity index (χ4n) is 4.61. The van der Waals surface area contributed by atoms with Crippen LogP contribution in [0.5, 0.6) is 0 Å². The van der Waals surface area contributed by atoms with Gasteiger partial charge in [0.25, 0.3) is 5.91 Å². The normalized spacial score (nSPS) is 35.8. The quantitative estimate of drug-likeness (QED) is 0.782. The van der Waals surface area contributed by atoms with Crippen LogP contribution in [-0.4, -0.2) is 73.6 Å². The molecular weight excluding hydrogens is 308 g/mol. The number of carbonyl (C=O) groups excluding carboxylic acids is 1. The second kappa shape index (κ2) is 7.68. The molecule has 0 aromatic carbocycles. The van der Waals surface area contributed by atoms with Gasteiger partial charge in [0.05, 0.1) is 12.7 Å². The maximum Gasteiger partial charge on any atom is 0.275 e. The molecule has 0 aliphatic carbocycles. The minimum Gasteiger partial charge on any atom is -0.381 e. The number of carbonyl (C=O) groups is 1. The first-order chi connectivity index (χ1) is 11.8. The van der Waals surface area contributed by atoms with E-state index in [0.29, 0.717) is 19.2 Å². The number of ether oxygens (including phenoxy) is 2. The Hall–Kier alpha value is -0.690. The summed E-state index contributed by atoms with van der Waals surface area (Å²) in [5.74, 6) is 0.801. The molecule has 4 aliphatic heterocycles. The number of nitrogens with zero attached hydrogens (tertiary/aromatic N) is 2. The van der Waals surface area contributed by atoms with Crippen LogP contribution in [0.15, 0.2) is 0 Å². The van der Waals surface area contributed by atoms with Gasteiger partial charge in [-0.3, -0.25) is 14.5 Å². The molecule has 4 heterocycles. The van der Waals surface area contributed by atoms with Crippen LogP contribution in [0.3, 0.4) is 0 Å². The highest BCUT2D eigenvalue weighted by Gasteiger charge is 2.43. The molecule has 0 N–H and O–H groups in total. The molecule has 0 unspecified atom stereocenters. The first kappa shape index (κ1) is 16.8. The van der Waals surface area contributed by atoms with E-state index < -0.39 is 0 Å². The smallest absolute Gasteiger partial charge is 0.275 e. The summed E-state index contributed by atoms with van der Waals surface area (Å²) in [6.07, 6.45) is 7.31. The van der Waals surface area contributed by atoms with Crippen molar-refractivity contribution in [2.45, 2.75) is 63.2 Å². The Morgan fingerprint density at radius 2 is 1.83 bits per heavy atom. The zero-order chi connectivity index (χ0) is 16.4. The summed E-state index contributed by atoms with van der Waals surface area (Å²) in [7, 11) is 0. The molecule has 6 nitrogen and oxygen atoms in total. The third-order valence-electron chi connectivity index (χ3n) is 6.02. The maximum atomic E-state index is 12.6. The molecule has 24 heavy (non-hydrogen) atoms. The monoisotopic (exact) mass is 338 g/mol. The molecule has 0 bridgehead atoms. The van der Waals surface area contributed by atoms with Crippen LogP contribution in [0.25, 0.3) is 0 Å². The fourth-order valence-corrected chi connectivity index (χ4v) is 4.61. The van der Waals surface area contributed by atoms with Crippen molar-refractivity contribution < 1.29 is 19.1 Å². The Kier molecular flexibility index (Phi) is 5.37. The van der Waals surface area contributed by atoms with Gasteiger partial charge in [-0.05, 0) is 50.9 Å². The highest BCUT2D eigenvalue weighted by molar-refractivity contribution is 5.80. The third kappa shape index (κ3) is 3.62. The maximum absolute atomic E-state index is 12.6. The molecule has 4 saturated heterocycles. The minimum atomic E-state index is -0.299. The summed E-state index contributed by atoms with van der Waals surface area (Å²) >= 11 is 0. The molecule has 4 fully saturated rings. The van der Waals surface area contributed by atoms with E-state index in [2.05, 4.69) is 4.90 Å². The van der Waals surface area contributed by atoms with Gasteiger partial charge in [0.15, 0.2) is 0 Å². The van der Waals surface area contributed by atoms with Crippen LogP contribution < -0.4 is 0 Å². The Balaban J connectivity index is 1.29. The number of hydrogen-bond acceptors (Lipinski definition) is 5. The first-order valence-corrected chi connectivity index (χ1v) is 9.73. The molecule has 0 saturated carbocycles. The zero-order valence-electron chi connectivity index (χ0n) is 14.5. The summed E-state index contributed by atoms with van der Waals surface area (Å²) in [5, 5.41) is 1.54. The van der Waals surface area contributed by atoms with E-state index in [9.17, 15) is 4.79 Å². The van der Waals surface area contributed by atoms with Crippen LogP contribution in [-0.2, 0) is 19.1 Å². The number of rotatable bonds is 3. The molecule has 4 rings (SSSR count). The molecule has 0 spiro atoms. The van der Waals surface area contributed by atoms with Crippen molar-refractivity contribution in [1.29, 1.82) is 0 Å². The third-order valence-corrected chi connectivity index (χ3v) is 6.02. The van der Waals surface area contributed by atoms with Gasteiger partial charge >= 0.3 is 0 Å². The van der Waals surface area contributed by atoms with Gasteiger partial charge in [0, 0.05) is 38.9 Å². The summed E-state index contributed by atoms with van der Waals surface area (Å²) < 4.78 is 11.7. The Morgan fingerprint density at radius 3 is 2.62 bits per heavy atom. The van der Waals surface area contributed by atoms with Crippen LogP contribution in [0.1, 0.15) is 44.9 Å². The van der Waals surface area contributed by atoms with E-state index in [-0.39, 0.29) is 18.1 Å². The van der Waals surface area contributed by atoms with E-state index in [4.69, 9.17) is 14.3 Å². The van der Waals surface area contributed by atoms with Crippen LogP contribution in [0.2, 0.25) is 0 Å². The van der Waals surface area contributed by atoms with Crippen molar-refractivity contribution in [2.75, 3.05) is 39.5 Å². The van der Waals surface area contributed by atoms with E-state index in [1.165, 1.54) is 19.4 Å². The number of hydrogen-bond donors (Lipinski definition) is 0. The van der Waals surface area contributed by atoms with Crippen molar-refractivity contribution in [2.24, 2.45) is 5.92 Å². The molecule has 6 heteroatoms. The van der Waals surface area contributed by atoms with Crippen molar-refractivity contribution in [1.82, 2.24) is 9.96 Å². The second-order valence-electron chi connectivity index (χ2n) is 7.63. The lowest BCUT2D eigenvalue weighted by molar-refractivity contribution is -0.213. The predicted molar refractivity (Wildman–Crippen MR) is 88.3 cm³/mol. The van der Waals surface area contributed by atoms with Gasteiger partial charge in [-0.2, -0.15) is 0 Å². The van der Waals surface area contributed by atoms with Gasteiger partial charge in [-0.25, -0.2) is 5.06 Å². The van der Waals surface area contributed by atoms with E-state index in [1.807, 2.05) is 0 Å². The van der Waals surface area contributed by atoms with E-state index >= 15 is 0 Å². The highest BCUT2D eigenvalue weighted by atomic mass is 16.7. The summed E-state index contributed by atoms with van der Waals surface area (Å²) in [6.45, 7) is 5.46. The largest absolute Gasteiger partial charge is 0.381 e. The standard InChI is InChI=1S/C18H30N2O4/c21-18(20-8-1-2-10-23-20)17-4-3-15-16(24-17)5-9-19(15)13-14-6-11-22-12-7-14/h14-17H,1-13H2/t15-,16-,17+/m1/s1. The number of likely N-dealkylation sites (tertiary alicyclic amines) is 1. The minimum absolute atomic E-state index is 0.0380. The van der Waals surface area contributed by atoms with Gasteiger partial charge in [-0.15, -0.1) is 0 Å². The van der Waals surface area contributed by atoms with Gasteiger partial charge < -0.3 is 9.47 Å². The number of hydroxylamine groups is 2. The van der Waals surface area contributed by atoms with Gasteiger partial charge in [0.2, 0.25) is 0 Å². The van der Waals surface area contributed by atoms with Crippen LogP contribution in [0.4, 0.5) is 0 Å². The lowest BCUT2D eigenvalue weighted by Crippen LogP contribution is -2.50. The Morgan fingerprint density at radius 1 is 0.958 bits per heavy atom. The van der Waals surface area contributed by atoms with Crippen LogP contribution in [0, 0.1) is 5.92 Å². The average molecular weight is 338 g/mol. The fraction of sp³-hybridized carbons (Fsp3) is 0.944. The van der Waals surface area contributed by atoms with Gasteiger partial charge in [0.1, 0.15) is 6.10 Å². The van der Waals surface area contributed by atoms with Crippen molar-refractivity contribution in [3.8, 4) is 0 Å². The number of amides is 1. The number of fused-ring (bicyclic) bond motifs is 1. The summed E-state index contributed by atoms with van der Waals surface area (Å²) in [4.78, 5) is 20.7. The van der Waals surface area contributed by atoms with Crippen molar-refractivity contribution >= 4 is 5.91 Å². The zero-order valence-corrected chi connectivity index (χ0v) is 14.5. The molecule has 136 valence electrons. The molecular formula is C18H30N2O4. The Bertz CT molecular complexity index is 435. The summed E-state index contributed by atoms with van der Waals surface area (Å²) in [6, 6.07) is 0.499. The lowest BCUT2D eigenvalue weighted by Gasteiger charge is -2.38. The second-order valence-corrected chi connectivity index (χ2v) is 7.63. The molecule has 3 atom stereocenters. The van der Waals surface area contributed by atoms with E-state index in [1.54, 1.807) is 5.06 Å². The van der Waals surface area contributed by atoms with Crippen LogP contribution >= 0.6 is 0 Å². The highest BCUT2D eigenvalue weighted by Crippen LogP contribution is 2.33. The molecule has 0 radical (unpaired) electrons. The summed E-state index contributed by atoms with van der Waals surface area (Å²) in [5.41, 5.74) is 0. The van der Waals surface area contributed by atoms with E-state index in [0.717, 1.165) is 57.8 Å².